The molecule has 0 saturated heterocycles. The predicted molar refractivity (Wildman–Crippen MR) is 67.4 cm³/mol. The fourth-order valence-electron chi connectivity index (χ4n) is 1.38. The molecule has 0 bridgehead atoms. The summed E-state index contributed by atoms with van der Waals surface area (Å²) in [5.41, 5.74) is 6.97. The van der Waals surface area contributed by atoms with E-state index in [9.17, 15) is 0 Å². The van der Waals surface area contributed by atoms with Crippen molar-refractivity contribution in [2.24, 2.45) is 5.73 Å². The maximum Gasteiger partial charge on any atom is 0.0279 e. The van der Waals surface area contributed by atoms with Crippen LogP contribution in [-0.4, -0.2) is 4.98 Å². The van der Waals surface area contributed by atoms with Crippen LogP contribution in [0.15, 0.2) is 58.6 Å². The van der Waals surface area contributed by atoms with Crippen LogP contribution in [-0.2, 0) is 0 Å². The molecule has 0 fully saturated rings. The van der Waals surface area contributed by atoms with Gasteiger partial charge >= 0.3 is 0 Å². The first-order valence-corrected chi connectivity index (χ1v) is 6.01. The minimum Gasteiger partial charge on any atom is -0.324 e. The number of nitrogens with two attached hydrogens (primary N) is 1. The van der Waals surface area contributed by atoms with Crippen molar-refractivity contribution in [2.75, 3.05) is 0 Å². The lowest BCUT2D eigenvalue weighted by molar-refractivity contribution is 0.817. The molecule has 1 heterocycles. The van der Waals surface area contributed by atoms with E-state index in [2.05, 4.69) is 29.2 Å². The molecule has 1 aromatic heterocycles. The third-order valence-electron chi connectivity index (χ3n) is 2.29. The van der Waals surface area contributed by atoms with Crippen LogP contribution < -0.4 is 5.73 Å². The molecular weight excluding hydrogens is 216 g/mol. The summed E-state index contributed by atoms with van der Waals surface area (Å²) in [6.45, 7) is 1.99. The highest BCUT2D eigenvalue weighted by atomic mass is 32.2. The van der Waals surface area contributed by atoms with Crippen LogP contribution in [0.25, 0.3) is 0 Å². The Hall–Kier alpha value is -1.32. The van der Waals surface area contributed by atoms with Gasteiger partial charge in [0.15, 0.2) is 0 Å². The number of benzene rings is 1. The minimum absolute atomic E-state index is 0.0972. The Bertz CT molecular complexity index is 437. The lowest BCUT2D eigenvalue weighted by Gasteiger charge is -2.06. The van der Waals surface area contributed by atoms with E-state index in [0.29, 0.717) is 0 Å². The van der Waals surface area contributed by atoms with E-state index >= 15 is 0 Å². The topological polar surface area (TPSA) is 38.9 Å². The summed E-state index contributed by atoms with van der Waals surface area (Å²) in [7, 11) is 0. The van der Waals surface area contributed by atoms with Gasteiger partial charge in [-0.1, -0.05) is 23.9 Å². The Labute approximate surface area is 99.9 Å². The molecule has 3 heteroatoms. The average Bonchev–Trinajstić information content (AvgIpc) is 2.31. The van der Waals surface area contributed by atoms with E-state index in [-0.39, 0.29) is 6.04 Å². The average molecular weight is 230 g/mol. The number of rotatable bonds is 3. The van der Waals surface area contributed by atoms with Gasteiger partial charge in [0.25, 0.3) is 0 Å². The van der Waals surface area contributed by atoms with E-state index in [1.165, 1.54) is 15.4 Å². The third-order valence-corrected chi connectivity index (χ3v) is 3.31. The maximum absolute atomic E-state index is 5.80. The molecule has 0 aliphatic rings. The van der Waals surface area contributed by atoms with Crippen LogP contribution in [0.1, 0.15) is 18.5 Å². The standard InChI is InChI=1S/C13H14N2S/c1-10(14)11-2-4-12(5-3-11)16-13-6-8-15-9-7-13/h2-10H,14H2,1H3/t10-/m0/s1. The normalized spacial score (nSPS) is 12.4. The molecular formula is C13H14N2S. The number of pyridine rings is 1. The zero-order chi connectivity index (χ0) is 11.4. The second kappa shape index (κ2) is 5.14. The summed E-state index contributed by atoms with van der Waals surface area (Å²) in [5.74, 6) is 0. The molecule has 0 aliphatic carbocycles. The van der Waals surface area contributed by atoms with Crippen molar-refractivity contribution in [1.82, 2.24) is 4.98 Å². The molecule has 2 aromatic rings. The van der Waals surface area contributed by atoms with Crippen molar-refractivity contribution < 1.29 is 0 Å². The first kappa shape index (κ1) is 11.2. The molecule has 2 rings (SSSR count). The van der Waals surface area contributed by atoms with Gasteiger partial charge in [-0.15, -0.1) is 0 Å². The third kappa shape index (κ3) is 2.84. The van der Waals surface area contributed by atoms with Gasteiger partial charge in [0.2, 0.25) is 0 Å². The largest absolute Gasteiger partial charge is 0.324 e. The number of aromatic nitrogens is 1. The first-order valence-electron chi connectivity index (χ1n) is 5.19. The Morgan fingerprint density at radius 2 is 1.56 bits per heavy atom. The fraction of sp³-hybridized carbons (Fsp3) is 0.154. The summed E-state index contributed by atoms with van der Waals surface area (Å²) in [6.07, 6.45) is 3.61. The molecule has 2 nitrogen and oxygen atoms in total. The van der Waals surface area contributed by atoms with Crippen molar-refractivity contribution in [1.29, 1.82) is 0 Å². The fourth-order valence-corrected chi connectivity index (χ4v) is 2.18. The highest BCUT2D eigenvalue weighted by Crippen LogP contribution is 2.27. The number of nitrogens with zero attached hydrogens (tertiary/aromatic N) is 1. The minimum atomic E-state index is 0.0972. The molecule has 1 aromatic carbocycles. The summed E-state index contributed by atoms with van der Waals surface area (Å²) in [5, 5.41) is 0. The molecule has 0 radical (unpaired) electrons. The van der Waals surface area contributed by atoms with Gasteiger partial charge in [-0.25, -0.2) is 0 Å². The molecule has 0 unspecified atom stereocenters. The van der Waals surface area contributed by atoms with Crippen molar-refractivity contribution >= 4 is 11.8 Å². The van der Waals surface area contributed by atoms with Gasteiger partial charge in [-0.05, 0) is 36.8 Å². The highest BCUT2D eigenvalue weighted by molar-refractivity contribution is 7.99. The van der Waals surface area contributed by atoms with E-state index in [1.54, 1.807) is 24.2 Å². The Kier molecular flexibility index (Phi) is 3.59. The van der Waals surface area contributed by atoms with Crippen molar-refractivity contribution in [3.8, 4) is 0 Å². The zero-order valence-corrected chi connectivity index (χ0v) is 9.95. The Balaban J connectivity index is 2.11. The maximum atomic E-state index is 5.80. The number of hydrogen-bond donors (Lipinski definition) is 1. The molecule has 2 N–H and O–H groups in total. The second-order valence-corrected chi connectivity index (χ2v) is 4.79. The molecule has 16 heavy (non-hydrogen) atoms. The van der Waals surface area contributed by atoms with Crippen LogP contribution >= 0.6 is 11.8 Å². The number of hydrogen-bond acceptors (Lipinski definition) is 3. The monoisotopic (exact) mass is 230 g/mol. The summed E-state index contributed by atoms with van der Waals surface area (Å²) < 4.78 is 0. The Morgan fingerprint density at radius 3 is 2.12 bits per heavy atom. The molecule has 0 spiro atoms. The lowest BCUT2D eigenvalue weighted by Crippen LogP contribution is -2.04. The van der Waals surface area contributed by atoms with Crippen molar-refractivity contribution in [3.05, 3.63) is 54.4 Å². The zero-order valence-electron chi connectivity index (χ0n) is 9.13. The lowest BCUT2D eigenvalue weighted by atomic mass is 10.1. The molecule has 82 valence electrons. The molecule has 0 saturated carbocycles. The summed E-state index contributed by atoms with van der Waals surface area (Å²) in [6, 6.07) is 12.5. The van der Waals surface area contributed by atoms with Gasteiger partial charge in [0.1, 0.15) is 0 Å². The van der Waals surface area contributed by atoms with Crippen molar-refractivity contribution in [2.45, 2.75) is 22.8 Å². The molecule has 1 atom stereocenters. The Morgan fingerprint density at radius 1 is 1.00 bits per heavy atom. The van der Waals surface area contributed by atoms with E-state index in [1.807, 2.05) is 19.1 Å². The molecule has 0 aliphatic heterocycles. The quantitative estimate of drug-likeness (QED) is 0.879. The second-order valence-electron chi connectivity index (χ2n) is 3.64. The van der Waals surface area contributed by atoms with Crippen LogP contribution in [0, 0.1) is 0 Å². The van der Waals surface area contributed by atoms with Crippen molar-refractivity contribution in [3.63, 3.8) is 0 Å². The first-order chi connectivity index (χ1) is 7.75. The van der Waals surface area contributed by atoms with E-state index < -0.39 is 0 Å². The van der Waals surface area contributed by atoms with Crippen LogP contribution in [0.2, 0.25) is 0 Å². The molecule has 0 amide bonds. The SMILES string of the molecule is C[C@H](N)c1ccc(Sc2ccncc2)cc1. The van der Waals surface area contributed by atoms with Crippen LogP contribution in [0.5, 0.6) is 0 Å². The highest BCUT2D eigenvalue weighted by Gasteiger charge is 2.00. The smallest absolute Gasteiger partial charge is 0.0279 e. The van der Waals surface area contributed by atoms with E-state index in [0.717, 1.165) is 0 Å². The summed E-state index contributed by atoms with van der Waals surface area (Å²) in [4.78, 5) is 6.41. The van der Waals surface area contributed by atoms with Gasteiger partial charge in [0.05, 0.1) is 0 Å². The van der Waals surface area contributed by atoms with Gasteiger partial charge in [0, 0.05) is 28.2 Å². The summed E-state index contributed by atoms with van der Waals surface area (Å²) >= 11 is 1.73. The van der Waals surface area contributed by atoms with Gasteiger partial charge < -0.3 is 5.73 Å². The van der Waals surface area contributed by atoms with Crippen LogP contribution in [0.3, 0.4) is 0 Å². The van der Waals surface area contributed by atoms with Gasteiger partial charge in [-0.2, -0.15) is 0 Å². The van der Waals surface area contributed by atoms with Crippen LogP contribution in [0.4, 0.5) is 0 Å². The van der Waals surface area contributed by atoms with E-state index in [4.69, 9.17) is 5.73 Å². The van der Waals surface area contributed by atoms with Gasteiger partial charge in [-0.3, -0.25) is 4.98 Å². The predicted octanol–water partition coefficient (Wildman–Crippen LogP) is 3.25.